The lowest BCUT2D eigenvalue weighted by atomic mass is 9.84. The van der Waals surface area contributed by atoms with Gasteiger partial charge >= 0.3 is 5.97 Å². The molecule has 0 atom stereocenters. The predicted octanol–water partition coefficient (Wildman–Crippen LogP) is 4.10. The zero-order valence-electron chi connectivity index (χ0n) is 15.8. The summed E-state index contributed by atoms with van der Waals surface area (Å²) in [5.41, 5.74) is 5.37. The van der Waals surface area contributed by atoms with E-state index in [2.05, 4.69) is 35.1 Å². The molecule has 1 aliphatic carbocycles. The standard InChI is InChI=1S/C22H26N2O3/c1-2-17-16(4-3-5-18(17)14-8-10-27-11-9-14)12-19-21(22(25)26)24-20(13-23-19)15-6-7-15/h3-5,13-15H,2,6-12H2,1H3,(H,25,26). The molecule has 142 valence electrons. The molecule has 0 spiro atoms. The monoisotopic (exact) mass is 366 g/mol. The number of hydrogen-bond acceptors (Lipinski definition) is 4. The summed E-state index contributed by atoms with van der Waals surface area (Å²) < 4.78 is 5.51. The van der Waals surface area contributed by atoms with E-state index in [1.54, 1.807) is 6.20 Å². The highest BCUT2D eigenvalue weighted by atomic mass is 16.5. The van der Waals surface area contributed by atoms with Gasteiger partial charge in [-0.05, 0) is 54.7 Å². The van der Waals surface area contributed by atoms with E-state index >= 15 is 0 Å². The van der Waals surface area contributed by atoms with Crippen LogP contribution in [0, 0.1) is 0 Å². The topological polar surface area (TPSA) is 72.3 Å². The third-order valence-electron chi connectivity index (χ3n) is 5.75. The van der Waals surface area contributed by atoms with Gasteiger partial charge in [0.25, 0.3) is 0 Å². The van der Waals surface area contributed by atoms with Gasteiger partial charge < -0.3 is 9.84 Å². The number of ether oxygens (including phenoxy) is 1. The van der Waals surface area contributed by atoms with E-state index in [1.807, 2.05) is 0 Å². The second-order valence-corrected chi connectivity index (χ2v) is 7.57. The van der Waals surface area contributed by atoms with Crippen LogP contribution in [0.3, 0.4) is 0 Å². The molecule has 2 aromatic rings. The first-order valence-corrected chi connectivity index (χ1v) is 9.94. The van der Waals surface area contributed by atoms with Crippen LogP contribution in [0.5, 0.6) is 0 Å². The van der Waals surface area contributed by atoms with Crippen LogP contribution in [0.25, 0.3) is 0 Å². The zero-order valence-corrected chi connectivity index (χ0v) is 15.8. The van der Waals surface area contributed by atoms with Gasteiger partial charge in [-0.3, -0.25) is 4.98 Å². The Morgan fingerprint density at radius 1 is 1.19 bits per heavy atom. The Morgan fingerprint density at radius 2 is 1.96 bits per heavy atom. The molecule has 2 heterocycles. The number of carboxylic acids is 1. The van der Waals surface area contributed by atoms with E-state index in [0.717, 1.165) is 56.6 Å². The number of carboxylic acid groups (broad SMARTS) is 1. The summed E-state index contributed by atoms with van der Waals surface area (Å²) in [6, 6.07) is 6.41. The molecule has 27 heavy (non-hydrogen) atoms. The fourth-order valence-electron chi connectivity index (χ4n) is 4.13. The Morgan fingerprint density at radius 3 is 2.63 bits per heavy atom. The van der Waals surface area contributed by atoms with Crippen LogP contribution in [0.4, 0.5) is 0 Å². The van der Waals surface area contributed by atoms with Gasteiger partial charge in [-0.25, -0.2) is 9.78 Å². The number of aromatic carboxylic acids is 1. The molecular formula is C22H26N2O3. The second kappa shape index (κ2) is 7.77. The Balaban J connectivity index is 1.67. The van der Waals surface area contributed by atoms with E-state index in [-0.39, 0.29) is 5.69 Å². The molecule has 4 rings (SSSR count). The largest absolute Gasteiger partial charge is 0.476 e. The average molecular weight is 366 g/mol. The van der Waals surface area contributed by atoms with Crippen LogP contribution in [-0.4, -0.2) is 34.3 Å². The lowest BCUT2D eigenvalue weighted by molar-refractivity contribution is 0.0688. The van der Waals surface area contributed by atoms with Crippen molar-refractivity contribution in [3.05, 3.63) is 58.2 Å². The number of rotatable bonds is 6. The minimum Gasteiger partial charge on any atom is -0.476 e. The highest BCUT2D eigenvalue weighted by Crippen LogP contribution is 2.39. The van der Waals surface area contributed by atoms with Gasteiger partial charge in [-0.2, -0.15) is 0 Å². The van der Waals surface area contributed by atoms with Crippen molar-refractivity contribution in [2.45, 2.75) is 57.3 Å². The summed E-state index contributed by atoms with van der Waals surface area (Å²) in [5.74, 6) is -0.0674. The second-order valence-electron chi connectivity index (χ2n) is 7.57. The van der Waals surface area contributed by atoms with Crippen LogP contribution in [0.15, 0.2) is 24.4 Å². The highest BCUT2D eigenvalue weighted by molar-refractivity contribution is 5.86. The minimum absolute atomic E-state index is 0.109. The maximum atomic E-state index is 11.8. The lowest BCUT2D eigenvalue weighted by Gasteiger charge is -2.26. The van der Waals surface area contributed by atoms with Crippen molar-refractivity contribution in [3.8, 4) is 0 Å². The van der Waals surface area contributed by atoms with Crippen molar-refractivity contribution >= 4 is 5.97 Å². The van der Waals surface area contributed by atoms with Gasteiger partial charge in [0.05, 0.1) is 11.4 Å². The normalized spacial score (nSPS) is 17.8. The summed E-state index contributed by atoms with van der Waals surface area (Å²) >= 11 is 0. The first-order valence-electron chi connectivity index (χ1n) is 9.94. The summed E-state index contributed by atoms with van der Waals surface area (Å²) in [6.45, 7) is 3.80. The maximum Gasteiger partial charge on any atom is 0.356 e. The van der Waals surface area contributed by atoms with Crippen molar-refractivity contribution in [2.24, 2.45) is 0 Å². The predicted molar refractivity (Wildman–Crippen MR) is 102 cm³/mol. The molecule has 1 N–H and O–H groups in total. The quantitative estimate of drug-likeness (QED) is 0.833. The van der Waals surface area contributed by atoms with Gasteiger partial charge in [0.2, 0.25) is 0 Å². The Bertz CT molecular complexity index is 839. The summed E-state index contributed by atoms with van der Waals surface area (Å²) in [6.07, 6.45) is 7.48. The van der Waals surface area contributed by atoms with Gasteiger partial charge in [0, 0.05) is 31.7 Å². The molecule has 0 unspecified atom stereocenters. The highest BCUT2D eigenvalue weighted by Gasteiger charge is 2.28. The lowest BCUT2D eigenvalue weighted by Crippen LogP contribution is -2.16. The molecule has 1 saturated heterocycles. The first-order chi connectivity index (χ1) is 13.2. The maximum absolute atomic E-state index is 11.8. The molecule has 5 heteroatoms. The van der Waals surface area contributed by atoms with Crippen LogP contribution >= 0.6 is 0 Å². The number of aromatic nitrogens is 2. The Labute approximate surface area is 159 Å². The summed E-state index contributed by atoms with van der Waals surface area (Å²) in [4.78, 5) is 20.7. The summed E-state index contributed by atoms with van der Waals surface area (Å²) in [7, 11) is 0. The molecule has 1 aromatic heterocycles. The van der Waals surface area contributed by atoms with Crippen molar-refractivity contribution in [1.29, 1.82) is 0 Å². The third-order valence-corrected chi connectivity index (χ3v) is 5.75. The fourth-order valence-corrected chi connectivity index (χ4v) is 4.13. The number of benzene rings is 1. The molecule has 0 radical (unpaired) electrons. The van der Waals surface area contributed by atoms with E-state index < -0.39 is 5.97 Å². The SMILES string of the molecule is CCc1c(Cc2ncc(C3CC3)nc2C(=O)O)cccc1C1CCOCC1. The van der Waals surface area contributed by atoms with Crippen molar-refractivity contribution in [3.63, 3.8) is 0 Å². The number of carbonyl (C=O) groups is 1. The van der Waals surface area contributed by atoms with Crippen LogP contribution in [-0.2, 0) is 17.6 Å². The minimum atomic E-state index is -0.987. The zero-order chi connectivity index (χ0) is 18.8. The Kier molecular flexibility index (Phi) is 5.21. The molecule has 1 aromatic carbocycles. The summed E-state index contributed by atoms with van der Waals surface area (Å²) in [5, 5.41) is 9.64. The van der Waals surface area contributed by atoms with E-state index in [1.165, 1.54) is 11.1 Å². The average Bonchev–Trinajstić information content (AvgIpc) is 3.54. The number of nitrogens with zero attached hydrogens (tertiary/aromatic N) is 2. The van der Waals surface area contributed by atoms with Gasteiger partial charge in [0.15, 0.2) is 5.69 Å². The van der Waals surface area contributed by atoms with Crippen molar-refractivity contribution < 1.29 is 14.6 Å². The molecule has 0 bridgehead atoms. The molecule has 5 nitrogen and oxygen atoms in total. The first kappa shape index (κ1) is 18.1. The molecule has 1 saturated carbocycles. The van der Waals surface area contributed by atoms with E-state index in [9.17, 15) is 9.90 Å². The molecular weight excluding hydrogens is 340 g/mol. The van der Waals surface area contributed by atoms with Gasteiger partial charge in [-0.15, -0.1) is 0 Å². The molecule has 1 aliphatic heterocycles. The van der Waals surface area contributed by atoms with Crippen molar-refractivity contribution in [1.82, 2.24) is 9.97 Å². The molecule has 0 amide bonds. The van der Waals surface area contributed by atoms with Gasteiger partial charge in [-0.1, -0.05) is 25.1 Å². The van der Waals surface area contributed by atoms with E-state index in [0.29, 0.717) is 24.0 Å². The van der Waals surface area contributed by atoms with Crippen molar-refractivity contribution in [2.75, 3.05) is 13.2 Å². The third kappa shape index (κ3) is 3.88. The smallest absolute Gasteiger partial charge is 0.356 e. The molecule has 2 aliphatic rings. The molecule has 2 fully saturated rings. The van der Waals surface area contributed by atoms with E-state index in [4.69, 9.17) is 4.74 Å². The number of hydrogen-bond donors (Lipinski definition) is 1. The van der Waals surface area contributed by atoms with Gasteiger partial charge in [0.1, 0.15) is 0 Å². The fraction of sp³-hybridized carbons (Fsp3) is 0.500. The van der Waals surface area contributed by atoms with Crippen LogP contribution in [0.2, 0.25) is 0 Å². The Hall–Kier alpha value is -2.27. The van der Waals surface area contributed by atoms with Crippen LogP contribution < -0.4 is 0 Å². The van der Waals surface area contributed by atoms with Crippen LogP contribution in [0.1, 0.15) is 83.0 Å².